The van der Waals surface area contributed by atoms with E-state index in [0.717, 1.165) is 69.5 Å². The summed E-state index contributed by atoms with van der Waals surface area (Å²) in [6.07, 6.45) is 25.5. The highest BCUT2D eigenvalue weighted by Crippen LogP contribution is 2.38. The topological polar surface area (TPSA) is 127 Å². The van der Waals surface area contributed by atoms with Crippen LogP contribution in [0.2, 0.25) is 52.4 Å². The lowest BCUT2D eigenvalue weighted by atomic mass is 10.1. The SMILES string of the molecule is C=C(CCCCCC)[Si](C)(C)O[Si](C)(C)C(=C)CCCCCC.C=C(CCCCCC)[Si](C)(C)O[Si](C)(C)C(=C)CCCCCC.c1ccc2c(c1)-c1nc-2nc2[nH]c(nc3nc(nc4[nH]c(n1)c1ccccc41)-c1ccccc1-3)c1ccccc21. The average molecular weight is 1220 g/mol. The standard InChI is InChI=1S/C32H18N8.2C20H42OSi2/c1-2-10-18-17(9-1)25-33-26(18)38-28-21-13-5-6-14-22(21)30(35-28)40-32-24-16-8-7-15-23(24)31(36-32)39-29-20-12-4-3-11-19(20)27(34-29)37-25;2*1-9-11-13-15-17-19(3)22(5,6)21-23(7,8)20(4)18-16-14-12-10-2/h1-16H,(H2,33,34,35,36,37,38,39,40);2*3-4,9-18H2,1-2,5-8H3. The molecule has 0 amide bonds. The van der Waals surface area contributed by atoms with Crippen LogP contribution in [0.25, 0.3) is 89.7 Å². The van der Waals surface area contributed by atoms with Gasteiger partial charge in [0.05, 0.1) is 0 Å². The van der Waals surface area contributed by atoms with E-state index in [1.54, 1.807) is 0 Å². The van der Waals surface area contributed by atoms with Crippen LogP contribution >= 0.6 is 0 Å². The molecule has 0 saturated heterocycles. The molecule has 9 rings (SSSR count). The first-order chi connectivity index (χ1) is 41.1. The molecular weight excluding hydrogens is 1120 g/mol. The smallest absolute Gasteiger partial charge is 0.201 e. The van der Waals surface area contributed by atoms with Gasteiger partial charge in [-0.25, -0.2) is 29.9 Å². The number of aromatic amines is 2. The Bertz CT molecular complexity index is 3180. The normalized spacial score (nSPS) is 12.2. The number of benzene rings is 4. The zero-order valence-corrected chi connectivity index (χ0v) is 58.7. The summed E-state index contributed by atoms with van der Waals surface area (Å²) >= 11 is 0. The predicted molar refractivity (Wildman–Crippen MR) is 380 cm³/mol. The summed E-state index contributed by atoms with van der Waals surface area (Å²) in [7, 11) is -7.25. The van der Waals surface area contributed by atoms with Gasteiger partial charge in [0.15, 0.2) is 23.3 Å². The summed E-state index contributed by atoms with van der Waals surface area (Å²) in [5.41, 5.74) is 6.45. The van der Waals surface area contributed by atoms with Crippen LogP contribution in [0, 0.1) is 0 Å². The summed E-state index contributed by atoms with van der Waals surface area (Å²) in [4.78, 5) is 36.8. The lowest BCUT2D eigenvalue weighted by molar-refractivity contribution is 0.549. The number of fused-ring (bicyclic) bond motifs is 20. The van der Waals surface area contributed by atoms with E-state index in [9.17, 15) is 0 Å². The molecule has 4 aromatic carbocycles. The number of nitrogens with zero attached hydrogens (tertiary/aromatic N) is 6. The van der Waals surface area contributed by atoms with Gasteiger partial charge >= 0.3 is 0 Å². The lowest BCUT2D eigenvalue weighted by Gasteiger charge is -2.36. The van der Waals surface area contributed by atoms with Gasteiger partial charge in [-0.1, -0.05) is 223 Å². The van der Waals surface area contributed by atoms with Gasteiger partial charge in [0.2, 0.25) is 33.3 Å². The average Bonchev–Trinajstić information content (AvgIpc) is 1.99. The molecule has 86 heavy (non-hydrogen) atoms. The molecule has 5 heterocycles. The van der Waals surface area contributed by atoms with Crippen molar-refractivity contribution in [2.75, 3.05) is 0 Å². The molecule has 8 bridgehead atoms. The van der Waals surface area contributed by atoms with Gasteiger partial charge < -0.3 is 18.2 Å². The number of aromatic nitrogens is 8. The second-order valence-corrected chi connectivity index (χ2v) is 42.2. The molecule has 3 aromatic heterocycles. The minimum Gasteiger partial charge on any atom is -0.449 e. The molecule has 0 atom stereocenters. The second kappa shape index (κ2) is 31.3. The predicted octanol–water partition coefficient (Wildman–Crippen LogP) is 22.0. The number of nitrogens with one attached hydrogen (secondary N) is 2. The summed E-state index contributed by atoms with van der Waals surface area (Å²) < 4.78 is 13.5. The van der Waals surface area contributed by atoms with Gasteiger partial charge in [0.25, 0.3) is 0 Å². The molecule has 14 heteroatoms. The fourth-order valence-corrected chi connectivity index (χ4v) is 27.1. The van der Waals surface area contributed by atoms with Gasteiger partial charge in [-0.3, -0.25) is 0 Å². The van der Waals surface area contributed by atoms with Gasteiger partial charge in [-0.05, 0) is 104 Å². The van der Waals surface area contributed by atoms with Crippen LogP contribution in [0.4, 0.5) is 0 Å². The number of hydrogen-bond acceptors (Lipinski definition) is 8. The van der Waals surface area contributed by atoms with E-state index in [4.69, 9.17) is 38.1 Å². The van der Waals surface area contributed by atoms with E-state index in [0.29, 0.717) is 45.9 Å². The molecule has 2 aliphatic rings. The third kappa shape index (κ3) is 17.6. The van der Waals surface area contributed by atoms with Crippen LogP contribution in [0.1, 0.15) is 156 Å². The fourth-order valence-electron chi connectivity index (χ4n) is 11.4. The van der Waals surface area contributed by atoms with Gasteiger partial charge in [-0.15, -0.1) is 26.3 Å². The molecule has 0 fully saturated rings. The number of H-pyrrole nitrogens is 2. The van der Waals surface area contributed by atoms with Crippen molar-refractivity contribution in [3.63, 3.8) is 0 Å². The number of rotatable bonds is 28. The van der Waals surface area contributed by atoms with E-state index in [1.807, 2.05) is 97.1 Å². The van der Waals surface area contributed by atoms with Crippen LogP contribution < -0.4 is 0 Å². The maximum absolute atomic E-state index is 6.74. The van der Waals surface area contributed by atoms with Crippen LogP contribution in [0.3, 0.4) is 0 Å². The van der Waals surface area contributed by atoms with Crippen LogP contribution in [0.15, 0.2) is 144 Å². The molecule has 0 radical (unpaired) electrons. The van der Waals surface area contributed by atoms with Crippen LogP contribution in [-0.4, -0.2) is 73.1 Å². The molecule has 0 saturated carbocycles. The van der Waals surface area contributed by atoms with Crippen molar-refractivity contribution < 1.29 is 8.23 Å². The number of hydrogen-bond donors (Lipinski definition) is 2. The van der Waals surface area contributed by atoms with E-state index in [1.165, 1.54) is 124 Å². The highest BCUT2D eigenvalue weighted by molar-refractivity contribution is 6.92. The fraction of sp³-hybridized carbons (Fsp3) is 0.444. The van der Waals surface area contributed by atoms with Crippen molar-refractivity contribution in [2.24, 2.45) is 0 Å². The highest BCUT2D eigenvalue weighted by Gasteiger charge is 2.38. The quantitative estimate of drug-likeness (QED) is 0.0367. The Morgan fingerprint density at radius 1 is 0.314 bits per heavy atom. The van der Waals surface area contributed by atoms with Gasteiger partial charge in [0, 0.05) is 43.8 Å². The molecule has 458 valence electrons. The first-order valence-electron chi connectivity index (χ1n) is 32.5. The van der Waals surface area contributed by atoms with E-state index in [2.05, 4.69) is 116 Å². The van der Waals surface area contributed by atoms with Crippen molar-refractivity contribution in [2.45, 2.75) is 208 Å². The zero-order chi connectivity index (χ0) is 62.1. The molecular formula is C72H102N8O2Si4. The monoisotopic (exact) mass is 1220 g/mol. The largest absolute Gasteiger partial charge is 0.449 e. The number of allylic oxidation sites excluding steroid dienone is 4. The van der Waals surface area contributed by atoms with Gasteiger partial charge in [-0.2, -0.15) is 0 Å². The third-order valence-corrected chi connectivity index (χ3v) is 33.2. The molecule has 2 aliphatic heterocycles. The Kier molecular flexibility index (Phi) is 24.5. The van der Waals surface area contributed by atoms with E-state index in [-0.39, 0.29) is 0 Å². The summed E-state index contributed by atoms with van der Waals surface area (Å²) in [5, 5.41) is 9.35. The van der Waals surface area contributed by atoms with Crippen LogP contribution in [0.5, 0.6) is 0 Å². The Labute approximate surface area is 520 Å². The van der Waals surface area contributed by atoms with Crippen molar-refractivity contribution in [3.05, 3.63) is 144 Å². The minimum atomic E-state index is -1.81. The van der Waals surface area contributed by atoms with Crippen molar-refractivity contribution in [3.8, 4) is 45.6 Å². The van der Waals surface area contributed by atoms with E-state index >= 15 is 0 Å². The van der Waals surface area contributed by atoms with Crippen molar-refractivity contribution in [1.29, 1.82) is 0 Å². The Balaban J connectivity index is 0.000000200. The highest BCUT2D eigenvalue weighted by atomic mass is 28.4. The lowest BCUT2D eigenvalue weighted by Crippen LogP contribution is -2.47. The maximum Gasteiger partial charge on any atom is 0.201 e. The van der Waals surface area contributed by atoms with Crippen molar-refractivity contribution >= 4 is 77.4 Å². The Morgan fingerprint density at radius 3 is 0.733 bits per heavy atom. The molecule has 0 spiro atoms. The molecule has 0 unspecified atom stereocenters. The molecule has 10 nitrogen and oxygen atoms in total. The van der Waals surface area contributed by atoms with E-state index < -0.39 is 33.3 Å². The number of unbranched alkanes of at least 4 members (excludes halogenated alkanes) is 12. The summed E-state index contributed by atoms with van der Waals surface area (Å²) in [6, 6.07) is 32.2. The summed E-state index contributed by atoms with van der Waals surface area (Å²) in [5.74, 6) is 2.39. The second-order valence-electron chi connectivity index (χ2n) is 25.7. The molecule has 0 aliphatic carbocycles. The Morgan fingerprint density at radius 2 is 0.523 bits per heavy atom. The van der Waals surface area contributed by atoms with Crippen molar-refractivity contribution in [1.82, 2.24) is 39.9 Å². The van der Waals surface area contributed by atoms with Crippen LogP contribution in [-0.2, 0) is 8.23 Å². The first-order valence-corrected chi connectivity index (χ1v) is 44.1. The minimum absolute atomic E-state index is 0.597. The zero-order valence-electron chi connectivity index (χ0n) is 54.7. The molecule has 2 N–H and O–H groups in total. The summed E-state index contributed by atoms with van der Waals surface area (Å²) in [6.45, 7) is 45.2. The Hall–Kier alpha value is -6.01. The van der Waals surface area contributed by atoms with Gasteiger partial charge in [0.1, 0.15) is 22.6 Å². The first kappa shape index (κ1) is 67.5. The molecule has 7 aromatic rings. The third-order valence-electron chi connectivity index (χ3n) is 17.2. The maximum atomic E-state index is 6.74.